The smallest absolute Gasteiger partial charge is 0.339 e. The van der Waals surface area contributed by atoms with E-state index in [4.69, 9.17) is 14.6 Å². The van der Waals surface area contributed by atoms with Crippen LogP contribution in [0.15, 0.2) is 29.3 Å². The Morgan fingerprint density at radius 1 is 1.56 bits per heavy atom. The first-order chi connectivity index (χ1) is 7.56. The Morgan fingerprint density at radius 3 is 2.75 bits per heavy atom. The highest BCUT2D eigenvalue weighted by Gasteiger charge is 2.16. The molecule has 0 radical (unpaired) electrons. The Balaban J connectivity index is 3.09. The maximum Gasteiger partial charge on any atom is 0.339 e. The second-order valence-electron chi connectivity index (χ2n) is 2.95. The van der Waals surface area contributed by atoms with Crippen molar-refractivity contribution in [2.45, 2.75) is 0 Å². The summed E-state index contributed by atoms with van der Waals surface area (Å²) in [5.74, 6) is -0.471. The number of rotatable bonds is 5. The van der Waals surface area contributed by atoms with Crippen LogP contribution in [0.25, 0.3) is 0 Å². The summed E-state index contributed by atoms with van der Waals surface area (Å²) in [5, 5.41) is 8.98. The van der Waals surface area contributed by atoms with Crippen molar-refractivity contribution in [1.29, 1.82) is 0 Å². The fraction of sp³-hybridized carbons (Fsp3) is 0.182. The lowest BCUT2D eigenvalue weighted by molar-refractivity contribution is 0.0692. The van der Waals surface area contributed by atoms with Gasteiger partial charge in [0, 0.05) is 4.48 Å². The van der Waals surface area contributed by atoms with Gasteiger partial charge in [0.25, 0.3) is 0 Å². The average Bonchev–Trinajstić information content (AvgIpc) is 2.25. The van der Waals surface area contributed by atoms with Crippen molar-refractivity contribution < 1.29 is 19.4 Å². The van der Waals surface area contributed by atoms with Crippen LogP contribution in [0.4, 0.5) is 0 Å². The topological polar surface area (TPSA) is 55.8 Å². The molecule has 0 spiro atoms. The third kappa shape index (κ3) is 3.00. The molecule has 0 unspecified atom stereocenters. The maximum atomic E-state index is 11.0. The van der Waals surface area contributed by atoms with Crippen LogP contribution in [0, 0.1) is 0 Å². The lowest BCUT2D eigenvalue weighted by Gasteiger charge is -2.12. The minimum absolute atomic E-state index is 0.0631. The molecule has 0 aliphatic carbocycles. The highest BCUT2D eigenvalue weighted by Crippen LogP contribution is 2.31. The number of aromatic carboxylic acids is 1. The van der Waals surface area contributed by atoms with E-state index in [0.717, 1.165) is 0 Å². The summed E-state index contributed by atoms with van der Waals surface area (Å²) in [6, 6.07) is 4.69. The number of para-hydroxylation sites is 1. The summed E-state index contributed by atoms with van der Waals surface area (Å²) in [6.45, 7) is 3.78. The van der Waals surface area contributed by atoms with Crippen molar-refractivity contribution in [2.24, 2.45) is 0 Å². The van der Waals surface area contributed by atoms with Gasteiger partial charge in [-0.1, -0.05) is 28.6 Å². The number of carboxylic acid groups (broad SMARTS) is 1. The van der Waals surface area contributed by atoms with Crippen molar-refractivity contribution in [3.63, 3.8) is 0 Å². The largest absolute Gasteiger partial charge is 0.493 e. The second-order valence-corrected chi connectivity index (χ2v) is 4.07. The molecule has 0 bridgehead atoms. The van der Waals surface area contributed by atoms with E-state index in [9.17, 15) is 4.79 Å². The molecule has 0 aliphatic heterocycles. The van der Waals surface area contributed by atoms with Gasteiger partial charge in [0.05, 0.1) is 7.11 Å². The molecule has 1 rings (SSSR count). The molecule has 0 saturated carbocycles. The number of carbonyl (C=O) groups is 1. The van der Waals surface area contributed by atoms with E-state index in [1.54, 1.807) is 12.1 Å². The molecule has 0 amide bonds. The van der Waals surface area contributed by atoms with E-state index in [2.05, 4.69) is 22.5 Å². The van der Waals surface area contributed by atoms with Gasteiger partial charge in [-0.15, -0.1) is 0 Å². The molecule has 86 valence electrons. The Bertz CT molecular complexity index is 414. The third-order valence-corrected chi connectivity index (χ3v) is 2.03. The van der Waals surface area contributed by atoms with Gasteiger partial charge in [-0.05, 0) is 12.1 Å². The Hall–Kier alpha value is -1.49. The lowest BCUT2D eigenvalue weighted by atomic mass is 10.2. The van der Waals surface area contributed by atoms with Crippen LogP contribution in [-0.4, -0.2) is 24.8 Å². The normalized spacial score (nSPS) is 9.62. The summed E-state index contributed by atoms with van der Waals surface area (Å²) in [5.41, 5.74) is 0.0631. The van der Waals surface area contributed by atoms with Gasteiger partial charge in [0.15, 0.2) is 11.5 Å². The van der Waals surface area contributed by atoms with Crippen molar-refractivity contribution in [1.82, 2.24) is 0 Å². The van der Waals surface area contributed by atoms with Crippen LogP contribution >= 0.6 is 15.9 Å². The highest BCUT2D eigenvalue weighted by atomic mass is 79.9. The van der Waals surface area contributed by atoms with Crippen molar-refractivity contribution >= 4 is 21.9 Å². The van der Waals surface area contributed by atoms with Gasteiger partial charge in [-0.25, -0.2) is 4.79 Å². The van der Waals surface area contributed by atoms with Gasteiger partial charge in [0.1, 0.15) is 12.2 Å². The van der Waals surface area contributed by atoms with Crippen LogP contribution in [0.1, 0.15) is 10.4 Å². The predicted molar refractivity (Wildman–Crippen MR) is 63.5 cm³/mol. The zero-order chi connectivity index (χ0) is 12.1. The number of carboxylic acids is 1. The number of methoxy groups -OCH3 is 1. The molecule has 0 heterocycles. The monoisotopic (exact) mass is 286 g/mol. The number of hydrogen-bond donors (Lipinski definition) is 1. The first-order valence-electron chi connectivity index (χ1n) is 4.42. The summed E-state index contributed by atoms with van der Waals surface area (Å²) in [7, 11) is 1.46. The number of ether oxygens (including phenoxy) is 2. The van der Waals surface area contributed by atoms with Gasteiger partial charge in [0.2, 0.25) is 0 Å². The van der Waals surface area contributed by atoms with Gasteiger partial charge >= 0.3 is 5.97 Å². The summed E-state index contributed by atoms with van der Waals surface area (Å²) in [6.07, 6.45) is 0. The fourth-order valence-electron chi connectivity index (χ4n) is 1.14. The Labute approximate surface area is 102 Å². The minimum Gasteiger partial charge on any atom is -0.493 e. The molecule has 1 N–H and O–H groups in total. The molecular formula is C11H11BrO4. The number of benzene rings is 1. The van der Waals surface area contributed by atoms with Crippen molar-refractivity contribution in [2.75, 3.05) is 13.7 Å². The fourth-order valence-corrected chi connectivity index (χ4v) is 1.26. The van der Waals surface area contributed by atoms with Gasteiger partial charge in [-0.2, -0.15) is 0 Å². The molecule has 0 saturated heterocycles. The molecule has 1 aromatic rings. The van der Waals surface area contributed by atoms with Gasteiger partial charge < -0.3 is 14.6 Å². The quantitative estimate of drug-likeness (QED) is 0.904. The summed E-state index contributed by atoms with van der Waals surface area (Å²) < 4.78 is 11.0. The molecule has 0 aliphatic rings. The molecule has 4 nitrogen and oxygen atoms in total. The third-order valence-electron chi connectivity index (χ3n) is 1.80. The highest BCUT2D eigenvalue weighted by molar-refractivity contribution is 9.11. The van der Waals surface area contributed by atoms with Crippen LogP contribution < -0.4 is 9.47 Å². The Morgan fingerprint density at radius 2 is 2.25 bits per heavy atom. The molecular weight excluding hydrogens is 276 g/mol. The number of halogens is 1. The number of hydrogen-bond acceptors (Lipinski definition) is 3. The SMILES string of the molecule is C=C(Br)COc1c(OC)cccc1C(=O)O. The van der Waals surface area contributed by atoms with Crippen molar-refractivity contribution in [3.8, 4) is 11.5 Å². The average molecular weight is 287 g/mol. The zero-order valence-electron chi connectivity index (χ0n) is 8.70. The molecule has 16 heavy (non-hydrogen) atoms. The van der Waals surface area contributed by atoms with Crippen LogP contribution in [-0.2, 0) is 0 Å². The van der Waals surface area contributed by atoms with Crippen molar-refractivity contribution in [3.05, 3.63) is 34.8 Å². The van der Waals surface area contributed by atoms with E-state index in [-0.39, 0.29) is 17.9 Å². The predicted octanol–water partition coefficient (Wildman–Crippen LogP) is 2.68. The zero-order valence-corrected chi connectivity index (χ0v) is 10.3. The lowest BCUT2D eigenvalue weighted by Crippen LogP contribution is -2.05. The van der Waals surface area contributed by atoms with E-state index < -0.39 is 5.97 Å². The molecule has 1 aromatic carbocycles. The summed E-state index contributed by atoms with van der Waals surface area (Å²) in [4.78, 5) is 11.0. The first-order valence-corrected chi connectivity index (χ1v) is 5.22. The minimum atomic E-state index is -1.06. The van der Waals surface area contributed by atoms with E-state index in [1.807, 2.05) is 0 Å². The van der Waals surface area contributed by atoms with Crippen LogP contribution in [0.5, 0.6) is 11.5 Å². The molecule has 0 fully saturated rings. The first kappa shape index (κ1) is 12.6. The molecule has 0 atom stereocenters. The van der Waals surface area contributed by atoms with E-state index in [0.29, 0.717) is 10.2 Å². The molecule has 5 heteroatoms. The Kier molecular flexibility index (Phi) is 4.37. The maximum absolute atomic E-state index is 11.0. The van der Waals surface area contributed by atoms with Crippen LogP contribution in [0.2, 0.25) is 0 Å². The van der Waals surface area contributed by atoms with E-state index in [1.165, 1.54) is 13.2 Å². The van der Waals surface area contributed by atoms with Crippen LogP contribution in [0.3, 0.4) is 0 Å². The second kappa shape index (κ2) is 5.55. The molecule has 0 aromatic heterocycles. The van der Waals surface area contributed by atoms with Gasteiger partial charge in [-0.3, -0.25) is 0 Å². The standard InChI is InChI=1S/C11H11BrO4/c1-7(12)6-16-10-8(11(13)14)4-3-5-9(10)15-2/h3-5H,1,6H2,2H3,(H,13,14). The van der Waals surface area contributed by atoms with E-state index >= 15 is 0 Å². The summed E-state index contributed by atoms with van der Waals surface area (Å²) >= 11 is 3.13.